The molecule has 0 radical (unpaired) electrons. The second-order valence-corrected chi connectivity index (χ2v) is 4.79. The second kappa shape index (κ2) is 7.01. The van der Waals surface area contributed by atoms with Gasteiger partial charge in [0.2, 0.25) is 0 Å². The van der Waals surface area contributed by atoms with Gasteiger partial charge in [-0.05, 0) is 47.4 Å². The summed E-state index contributed by atoms with van der Waals surface area (Å²) in [7, 11) is 0. The van der Waals surface area contributed by atoms with Crippen LogP contribution in [-0.4, -0.2) is 18.1 Å². The molecule has 0 aromatic carbocycles. The predicted molar refractivity (Wildman–Crippen MR) is 76.5 cm³/mol. The van der Waals surface area contributed by atoms with Crippen LogP contribution in [0.25, 0.3) is 0 Å². The molecule has 2 aromatic rings. The van der Waals surface area contributed by atoms with Gasteiger partial charge in [0.05, 0.1) is 6.61 Å². The predicted octanol–water partition coefficient (Wildman–Crippen LogP) is 3.59. The molecule has 0 aliphatic heterocycles. The molecule has 2 heterocycles. The lowest BCUT2D eigenvalue weighted by Crippen LogP contribution is -2.08. The van der Waals surface area contributed by atoms with Gasteiger partial charge in [-0.3, -0.25) is 0 Å². The lowest BCUT2D eigenvalue weighted by molar-refractivity contribution is 0.318. The van der Waals surface area contributed by atoms with E-state index in [1.54, 1.807) is 17.5 Å². The molecule has 0 atom stereocenters. The van der Waals surface area contributed by atoms with Gasteiger partial charge in [0.25, 0.3) is 0 Å². The number of nitrogens with one attached hydrogen (secondary N) is 1. The van der Waals surface area contributed by atoms with Crippen molar-refractivity contribution in [2.75, 3.05) is 18.5 Å². The maximum Gasteiger partial charge on any atom is 0.168 e. The summed E-state index contributed by atoms with van der Waals surface area (Å²) in [6, 6.07) is 6.00. The zero-order valence-corrected chi connectivity index (χ0v) is 11.4. The number of anilines is 1. The first kappa shape index (κ1) is 12.9. The number of hydrogen-bond acceptors (Lipinski definition) is 4. The van der Waals surface area contributed by atoms with Crippen molar-refractivity contribution >= 4 is 17.2 Å². The number of pyridine rings is 1. The van der Waals surface area contributed by atoms with Gasteiger partial charge in [0, 0.05) is 12.7 Å². The molecule has 0 bridgehead atoms. The third-order valence-electron chi connectivity index (χ3n) is 2.52. The Labute approximate surface area is 112 Å². The summed E-state index contributed by atoms with van der Waals surface area (Å²) in [5, 5.41) is 7.61. The Hall–Kier alpha value is -1.55. The minimum atomic E-state index is 0.727. The van der Waals surface area contributed by atoms with E-state index in [1.165, 1.54) is 5.56 Å². The van der Waals surface area contributed by atoms with Crippen LogP contribution in [0.4, 0.5) is 5.82 Å². The molecule has 0 amide bonds. The first-order valence-corrected chi connectivity index (χ1v) is 7.17. The van der Waals surface area contributed by atoms with Gasteiger partial charge in [-0.1, -0.05) is 6.92 Å². The van der Waals surface area contributed by atoms with Crippen LogP contribution in [0.5, 0.6) is 5.75 Å². The molecule has 1 N–H and O–H groups in total. The Kier molecular flexibility index (Phi) is 5.02. The lowest BCUT2D eigenvalue weighted by Gasteiger charge is -2.11. The zero-order chi connectivity index (χ0) is 12.6. The molecule has 0 aliphatic rings. The molecular weight excluding hydrogens is 244 g/mol. The van der Waals surface area contributed by atoms with Crippen LogP contribution in [0, 0.1) is 0 Å². The van der Waals surface area contributed by atoms with E-state index in [4.69, 9.17) is 4.74 Å². The lowest BCUT2D eigenvalue weighted by atomic mass is 10.2. The number of ether oxygens (including phenoxy) is 1. The first-order chi connectivity index (χ1) is 8.90. The maximum absolute atomic E-state index is 5.65. The summed E-state index contributed by atoms with van der Waals surface area (Å²) in [6.45, 7) is 3.70. The van der Waals surface area contributed by atoms with E-state index in [1.807, 2.05) is 12.1 Å². The summed E-state index contributed by atoms with van der Waals surface area (Å²) in [6.07, 6.45) is 3.79. The molecule has 0 aliphatic carbocycles. The number of rotatable bonds is 7. The summed E-state index contributed by atoms with van der Waals surface area (Å²) < 4.78 is 5.65. The minimum Gasteiger partial charge on any atom is -0.490 e. The zero-order valence-electron chi connectivity index (χ0n) is 10.6. The van der Waals surface area contributed by atoms with Crippen LogP contribution in [0.3, 0.4) is 0 Å². The van der Waals surface area contributed by atoms with Crippen LogP contribution in [0.2, 0.25) is 0 Å². The molecule has 96 valence electrons. The average Bonchev–Trinajstić information content (AvgIpc) is 2.91. The monoisotopic (exact) mass is 262 g/mol. The van der Waals surface area contributed by atoms with Crippen LogP contribution >= 0.6 is 11.3 Å². The number of nitrogens with zero attached hydrogens (tertiary/aromatic N) is 1. The summed E-state index contributed by atoms with van der Waals surface area (Å²) in [5.74, 6) is 1.67. The highest BCUT2D eigenvalue weighted by molar-refractivity contribution is 7.07. The van der Waals surface area contributed by atoms with E-state index in [0.29, 0.717) is 0 Å². The number of thiophene rings is 1. The van der Waals surface area contributed by atoms with Crippen molar-refractivity contribution < 1.29 is 4.74 Å². The Morgan fingerprint density at radius 1 is 1.39 bits per heavy atom. The average molecular weight is 262 g/mol. The van der Waals surface area contributed by atoms with Crippen molar-refractivity contribution in [3.05, 3.63) is 40.7 Å². The Morgan fingerprint density at radius 2 is 2.33 bits per heavy atom. The Bertz CT molecular complexity index is 457. The molecule has 3 nitrogen and oxygen atoms in total. The van der Waals surface area contributed by atoms with Crippen molar-refractivity contribution in [3.8, 4) is 5.75 Å². The molecule has 0 saturated heterocycles. The fraction of sp³-hybridized carbons (Fsp3) is 0.357. The van der Waals surface area contributed by atoms with Gasteiger partial charge in [-0.15, -0.1) is 0 Å². The van der Waals surface area contributed by atoms with E-state index in [0.717, 1.165) is 37.6 Å². The summed E-state index contributed by atoms with van der Waals surface area (Å²) in [4.78, 5) is 4.32. The summed E-state index contributed by atoms with van der Waals surface area (Å²) >= 11 is 1.73. The van der Waals surface area contributed by atoms with E-state index in [9.17, 15) is 0 Å². The van der Waals surface area contributed by atoms with Crippen molar-refractivity contribution in [1.82, 2.24) is 4.98 Å². The molecule has 18 heavy (non-hydrogen) atoms. The molecule has 0 spiro atoms. The van der Waals surface area contributed by atoms with Crippen molar-refractivity contribution in [2.45, 2.75) is 19.8 Å². The molecule has 4 heteroatoms. The molecule has 0 unspecified atom stereocenters. The standard InChI is InChI=1S/C14H18N2OS/c1-2-9-17-13-4-3-7-15-14(13)16-8-5-12-6-10-18-11-12/h3-4,6-7,10-11H,2,5,8-9H2,1H3,(H,15,16). The second-order valence-electron chi connectivity index (χ2n) is 4.01. The third-order valence-corrected chi connectivity index (χ3v) is 3.25. The van der Waals surface area contributed by atoms with Crippen LogP contribution in [0.15, 0.2) is 35.2 Å². The van der Waals surface area contributed by atoms with Gasteiger partial charge < -0.3 is 10.1 Å². The topological polar surface area (TPSA) is 34.1 Å². The fourth-order valence-electron chi connectivity index (χ4n) is 1.61. The molecule has 0 fully saturated rings. The number of hydrogen-bond donors (Lipinski definition) is 1. The molecule has 0 saturated carbocycles. The van der Waals surface area contributed by atoms with Gasteiger partial charge in [-0.2, -0.15) is 11.3 Å². The smallest absolute Gasteiger partial charge is 0.168 e. The van der Waals surface area contributed by atoms with E-state index < -0.39 is 0 Å². The maximum atomic E-state index is 5.65. The van der Waals surface area contributed by atoms with Crippen LogP contribution < -0.4 is 10.1 Å². The molecule has 2 rings (SSSR count). The minimum absolute atomic E-state index is 0.727. The SMILES string of the molecule is CCCOc1cccnc1NCCc1ccsc1. The quantitative estimate of drug-likeness (QED) is 0.828. The van der Waals surface area contributed by atoms with E-state index >= 15 is 0 Å². The van der Waals surface area contributed by atoms with Gasteiger partial charge in [0.1, 0.15) is 0 Å². The van der Waals surface area contributed by atoms with Crippen LogP contribution in [0.1, 0.15) is 18.9 Å². The van der Waals surface area contributed by atoms with Crippen LogP contribution in [-0.2, 0) is 6.42 Å². The highest BCUT2D eigenvalue weighted by Crippen LogP contribution is 2.21. The highest BCUT2D eigenvalue weighted by Gasteiger charge is 2.03. The van der Waals surface area contributed by atoms with E-state index in [2.05, 4.69) is 34.1 Å². The molecular formula is C14H18N2OS. The van der Waals surface area contributed by atoms with E-state index in [-0.39, 0.29) is 0 Å². The Balaban J connectivity index is 1.87. The van der Waals surface area contributed by atoms with Crippen molar-refractivity contribution in [3.63, 3.8) is 0 Å². The normalized spacial score (nSPS) is 10.3. The molecule has 2 aromatic heterocycles. The van der Waals surface area contributed by atoms with Crippen molar-refractivity contribution in [1.29, 1.82) is 0 Å². The highest BCUT2D eigenvalue weighted by atomic mass is 32.1. The van der Waals surface area contributed by atoms with Gasteiger partial charge in [-0.25, -0.2) is 4.98 Å². The number of aromatic nitrogens is 1. The van der Waals surface area contributed by atoms with Crippen molar-refractivity contribution in [2.24, 2.45) is 0 Å². The first-order valence-electron chi connectivity index (χ1n) is 6.23. The van der Waals surface area contributed by atoms with Gasteiger partial charge >= 0.3 is 0 Å². The summed E-state index contributed by atoms with van der Waals surface area (Å²) in [5.41, 5.74) is 1.36. The third kappa shape index (κ3) is 3.74. The fourth-order valence-corrected chi connectivity index (χ4v) is 2.32. The van der Waals surface area contributed by atoms with Gasteiger partial charge in [0.15, 0.2) is 11.6 Å². The largest absolute Gasteiger partial charge is 0.490 e. The Morgan fingerprint density at radius 3 is 3.11 bits per heavy atom.